The molecule has 0 spiro atoms. The first-order valence-electron chi connectivity index (χ1n) is 10.8. The van der Waals surface area contributed by atoms with Crippen LogP contribution in [0.5, 0.6) is 5.75 Å². The van der Waals surface area contributed by atoms with E-state index in [0.29, 0.717) is 30.5 Å². The third-order valence-electron chi connectivity index (χ3n) is 5.17. The highest BCUT2D eigenvalue weighted by atomic mass is 16.5. The third-order valence-corrected chi connectivity index (χ3v) is 5.17. The zero-order valence-electron chi connectivity index (χ0n) is 18.9. The molecule has 0 aliphatic carbocycles. The lowest BCUT2D eigenvalue weighted by molar-refractivity contribution is 0.0519. The molecule has 7 heteroatoms. The van der Waals surface area contributed by atoms with Gasteiger partial charge in [-0.05, 0) is 50.1 Å². The number of anilines is 2. The maximum atomic E-state index is 12.2. The van der Waals surface area contributed by atoms with Crippen LogP contribution in [0.1, 0.15) is 34.2 Å². The highest BCUT2D eigenvalue weighted by molar-refractivity contribution is 5.92. The van der Waals surface area contributed by atoms with Gasteiger partial charge in [0.15, 0.2) is 0 Å². The Morgan fingerprint density at radius 1 is 1.06 bits per heavy atom. The first-order valence-corrected chi connectivity index (χ1v) is 10.8. The van der Waals surface area contributed by atoms with E-state index in [0.717, 1.165) is 33.8 Å². The van der Waals surface area contributed by atoms with Crippen molar-refractivity contribution in [2.45, 2.75) is 27.4 Å². The van der Waals surface area contributed by atoms with Gasteiger partial charge in [-0.2, -0.15) is 0 Å². The second-order valence-electron chi connectivity index (χ2n) is 7.54. The zero-order valence-corrected chi connectivity index (χ0v) is 18.9. The normalized spacial score (nSPS) is 10.6. The number of esters is 1. The van der Waals surface area contributed by atoms with E-state index in [2.05, 4.69) is 20.3 Å². The molecule has 0 fully saturated rings. The van der Waals surface area contributed by atoms with E-state index in [4.69, 9.17) is 9.47 Å². The number of hydrogen-bond acceptors (Lipinski definition) is 6. The Labute approximate surface area is 192 Å². The van der Waals surface area contributed by atoms with Crippen molar-refractivity contribution in [3.05, 3.63) is 89.4 Å². The van der Waals surface area contributed by atoms with Crippen LogP contribution < -0.4 is 10.1 Å². The number of H-pyrrole nitrogens is 1. The number of nitrogens with zero attached hydrogens (tertiary/aromatic N) is 2. The summed E-state index contributed by atoms with van der Waals surface area (Å²) in [6.07, 6.45) is 1.69. The van der Waals surface area contributed by atoms with Crippen molar-refractivity contribution in [3.63, 3.8) is 0 Å². The van der Waals surface area contributed by atoms with Crippen LogP contribution in [0.2, 0.25) is 0 Å². The van der Waals surface area contributed by atoms with Crippen molar-refractivity contribution in [2.75, 3.05) is 11.9 Å². The quantitative estimate of drug-likeness (QED) is 0.346. The molecular formula is C26H26N4O3. The van der Waals surface area contributed by atoms with Gasteiger partial charge in [0.1, 0.15) is 18.1 Å². The molecule has 4 aromatic rings. The fourth-order valence-electron chi connectivity index (χ4n) is 3.63. The summed E-state index contributed by atoms with van der Waals surface area (Å²) in [6, 6.07) is 19.5. The van der Waals surface area contributed by atoms with Crippen molar-refractivity contribution in [1.29, 1.82) is 0 Å². The Morgan fingerprint density at radius 3 is 2.67 bits per heavy atom. The molecule has 0 atom stereocenters. The highest BCUT2D eigenvalue weighted by Gasteiger charge is 2.20. The van der Waals surface area contributed by atoms with Gasteiger partial charge in [0.05, 0.1) is 12.3 Å². The number of benzene rings is 2. The van der Waals surface area contributed by atoms with Gasteiger partial charge >= 0.3 is 5.97 Å². The summed E-state index contributed by atoms with van der Waals surface area (Å²) in [5, 5.41) is 3.24. The molecule has 2 aromatic heterocycles. The van der Waals surface area contributed by atoms with Crippen LogP contribution in [0, 0.1) is 13.8 Å². The first kappa shape index (κ1) is 22.1. The van der Waals surface area contributed by atoms with Gasteiger partial charge in [-0.3, -0.25) is 0 Å². The molecule has 168 valence electrons. The fourth-order valence-corrected chi connectivity index (χ4v) is 3.63. The number of ether oxygens (including phenoxy) is 2. The molecular weight excluding hydrogens is 416 g/mol. The molecule has 0 radical (unpaired) electrons. The van der Waals surface area contributed by atoms with Crippen LogP contribution in [0.4, 0.5) is 11.6 Å². The van der Waals surface area contributed by atoms with E-state index in [-0.39, 0.29) is 5.97 Å². The zero-order chi connectivity index (χ0) is 23.2. The lowest BCUT2D eigenvalue weighted by atomic mass is 10.1. The van der Waals surface area contributed by atoms with E-state index in [1.807, 2.05) is 74.5 Å². The second-order valence-corrected chi connectivity index (χ2v) is 7.54. The Kier molecular flexibility index (Phi) is 6.69. The average molecular weight is 443 g/mol. The maximum absolute atomic E-state index is 12.2. The van der Waals surface area contributed by atoms with E-state index >= 15 is 0 Å². The van der Waals surface area contributed by atoms with Gasteiger partial charge in [0, 0.05) is 29.2 Å². The lowest BCUT2D eigenvalue weighted by Crippen LogP contribution is -2.06. The number of aromatic amines is 1. The van der Waals surface area contributed by atoms with Crippen LogP contribution in [-0.2, 0) is 11.3 Å². The van der Waals surface area contributed by atoms with Gasteiger partial charge in [0.25, 0.3) is 0 Å². The highest BCUT2D eigenvalue weighted by Crippen LogP contribution is 2.29. The number of carbonyl (C=O) groups excluding carboxylic acids is 1. The third kappa shape index (κ3) is 5.20. The number of carbonyl (C=O) groups is 1. The standard InChI is InChI=1S/C26H26N4O3/c1-4-32-25(31)24-17(2)23(18(3)28-24)22-13-14-27-26(30-22)29-20-11-8-12-21(15-20)33-16-19-9-6-5-7-10-19/h5-15,28H,4,16H2,1-3H3,(H,27,29,30). The van der Waals surface area contributed by atoms with E-state index in [1.165, 1.54) is 0 Å². The minimum absolute atomic E-state index is 0.321. The monoisotopic (exact) mass is 442 g/mol. The minimum atomic E-state index is -0.371. The van der Waals surface area contributed by atoms with Crippen LogP contribution in [-0.4, -0.2) is 27.5 Å². The van der Waals surface area contributed by atoms with Crippen molar-refractivity contribution >= 4 is 17.6 Å². The minimum Gasteiger partial charge on any atom is -0.489 e. The van der Waals surface area contributed by atoms with Crippen LogP contribution in [0.15, 0.2) is 66.9 Å². The van der Waals surface area contributed by atoms with Gasteiger partial charge in [0.2, 0.25) is 5.95 Å². The molecule has 0 aliphatic heterocycles. The van der Waals surface area contributed by atoms with Crippen molar-refractivity contribution in [3.8, 4) is 17.0 Å². The second kappa shape index (κ2) is 9.99. The van der Waals surface area contributed by atoms with Crippen molar-refractivity contribution < 1.29 is 14.3 Å². The molecule has 4 rings (SSSR count). The van der Waals surface area contributed by atoms with Crippen LogP contribution in [0.25, 0.3) is 11.3 Å². The average Bonchev–Trinajstić information content (AvgIpc) is 3.13. The predicted molar refractivity (Wildman–Crippen MR) is 128 cm³/mol. The SMILES string of the molecule is CCOC(=O)c1[nH]c(C)c(-c2ccnc(Nc3cccc(OCc4ccccc4)c3)n2)c1C. The fraction of sp³-hybridized carbons (Fsp3) is 0.192. The Balaban J connectivity index is 1.52. The summed E-state index contributed by atoms with van der Waals surface area (Å²) >= 11 is 0. The molecule has 2 heterocycles. The molecule has 33 heavy (non-hydrogen) atoms. The predicted octanol–water partition coefficient (Wildman–Crippen LogP) is 5.59. The maximum Gasteiger partial charge on any atom is 0.355 e. The summed E-state index contributed by atoms with van der Waals surface area (Å²) < 4.78 is 11.1. The van der Waals surface area contributed by atoms with Gasteiger partial charge < -0.3 is 19.8 Å². The number of aryl methyl sites for hydroxylation is 1. The Bertz CT molecular complexity index is 1250. The molecule has 0 unspecified atom stereocenters. The molecule has 2 N–H and O–H groups in total. The Morgan fingerprint density at radius 2 is 1.88 bits per heavy atom. The van der Waals surface area contributed by atoms with E-state index in [1.54, 1.807) is 13.1 Å². The topological polar surface area (TPSA) is 89.1 Å². The molecule has 0 saturated heterocycles. The molecule has 7 nitrogen and oxygen atoms in total. The first-order chi connectivity index (χ1) is 16.0. The molecule has 0 amide bonds. The smallest absolute Gasteiger partial charge is 0.355 e. The summed E-state index contributed by atoms with van der Waals surface area (Å²) in [7, 11) is 0. The summed E-state index contributed by atoms with van der Waals surface area (Å²) in [5.74, 6) is 0.825. The van der Waals surface area contributed by atoms with E-state index in [9.17, 15) is 4.79 Å². The molecule has 0 aliphatic rings. The van der Waals surface area contributed by atoms with Crippen LogP contribution in [0.3, 0.4) is 0 Å². The summed E-state index contributed by atoms with van der Waals surface area (Å²) in [4.78, 5) is 24.4. The van der Waals surface area contributed by atoms with E-state index < -0.39 is 0 Å². The van der Waals surface area contributed by atoms with Crippen LogP contribution >= 0.6 is 0 Å². The molecule has 0 bridgehead atoms. The van der Waals surface area contributed by atoms with Gasteiger partial charge in [-0.1, -0.05) is 36.4 Å². The van der Waals surface area contributed by atoms with Gasteiger partial charge in [-0.15, -0.1) is 0 Å². The van der Waals surface area contributed by atoms with Crippen molar-refractivity contribution in [1.82, 2.24) is 15.0 Å². The summed E-state index contributed by atoms with van der Waals surface area (Å²) in [5.41, 5.74) is 5.58. The lowest BCUT2D eigenvalue weighted by Gasteiger charge is -2.10. The number of aromatic nitrogens is 3. The number of rotatable bonds is 8. The number of nitrogens with one attached hydrogen (secondary N) is 2. The molecule has 0 saturated carbocycles. The van der Waals surface area contributed by atoms with Gasteiger partial charge in [-0.25, -0.2) is 14.8 Å². The molecule has 2 aromatic carbocycles. The largest absolute Gasteiger partial charge is 0.489 e. The number of hydrogen-bond donors (Lipinski definition) is 2. The summed E-state index contributed by atoms with van der Waals surface area (Å²) in [6.45, 7) is 6.39. The Hall–Kier alpha value is -4.13. The van der Waals surface area contributed by atoms with Crippen molar-refractivity contribution in [2.24, 2.45) is 0 Å².